The molecule has 0 bridgehead atoms. The summed E-state index contributed by atoms with van der Waals surface area (Å²) in [4.78, 5) is 12.0. The molecular weight excluding hydrogens is 274 g/mol. The van der Waals surface area contributed by atoms with Crippen molar-refractivity contribution in [3.8, 4) is 6.01 Å². The van der Waals surface area contributed by atoms with Crippen molar-refractivity contribution >= 4 is 0 Å². The zero-order chi connectivity index (χ0) is 15.9. The molecule has 0 unspecified atom stereocenters. The topological polar surface area (TPSA) is 47.9 Å². The molecule has 1 aromatic rings. The van der Waals surface area contributed by atoms with Crippen LogP contribution in [0.5, 0.6) is 6.01 Å². The Morgan fingerprint density at radius 3 is 1.77 bits per heavy atom. The van der Waals surface area contributed by atoms with E-state index in [-0.39, 0.29) is 6.10 Å². The van der Waals surface area contributed by atoms with Crippen molar-refractivity contribution in [2.45, 2.75) is 97.0 Å². The zero-order valence-electron chi connectivity index (χ0n) is 14.5. The monoisotopic (exact) mass is 307 g/mol. The molecule has 0 aliphatic heterocycles. The largest absolute Gasteiger partial charge is 0.460 e. The lowest BCUT2D eigenvalue weighted by Gasteiger charge is -2.17. The molecule has 0 saturated heterocycles. The Kier molecular flexibility index (Phi) is 11.5. The summed E-state index contributed by atoms with van der Waals surface area (Å²) in [5.74, 6) is 0. The quantitative estimate of drug-likeness (QED) is 0.435. The maximum absolute atomic E-state index is 5.97. The van der Waals surface area contributed by atoms with Crippen LogP contribution < -0.4 is 4.74 Å². The van der Waals surface area contributed by atoms with E-state index in [1.54, 1.807) is 0 Å². The lowest BCUT2D eigenvalue weighted by Crippen LogP contribution is -2.18. The third kappa shape index (κ3) is 9.69. The first-order valence-electron chi connectivity index (χ1n) is 9.15. The number of nitrogens with zero attached hydrogens (tertiary/aromatic N) is 3. The number of rotatable bonds is 14. The maximum Gasteiger partial charge on any atom is 0.319 e. The Hall–Kier alpha value is -1.19. The highest BCUT2D eigenvalue weighted by atomic mass is 16.5. The second kappa shape index (κ2) is 13.5. The fourth-order valence-corrected chi connectivity index (χ4v) is 2.65. The van der Waals surface area contributed by atoms with Crippen LogP contribution in [-0.2, 0) is 0 Å². The van der Waals surface area contributed by atoms with Gasteiger partial charge >= 0.3 is 6.01 Å². The van der Waals surface area contributed by atoms with E-state index in [9.17, 15) is 0 Å². The first-order valence-corrected chi connectivity index (χ1v) is 9.15. The van der Waals surface area contributed by atoms with E-state index in [1.165, 1.54) is 76.9 Å². The van der Waals surface area contributed by atoms with Gasteiger partial charge in [-0.25, -0.2) is 4.98 Å². The fraction of sp³-hybridized carbons (Fsp3) is 0.833. The van der Waals surface area contributed by atoms with Gasteiger partial charge in [-0.15, -0.1) is 0 Å². The van der Waals surface area contributed by atoms with Crippen molar-refractivity contribution < 1.29 is 4.74 Å². The molecule has 0 fully saturated rings. The zero-order valence-corrected chi connectivity index (χ0v) is 14.5. The van der Waals surface area contributed by atoms with Crippen molar-refractivity contribution in [2.75, 3.05) is 0 Å². The molecule has 1 rings (SSSR count). The summed E-state index contributed by atoms with van der Waals surface area (Å²) in [6.45, 7) is 4.51. The molecule has 126 valence electrons. The predicted molar refractivity (Wildman–Crippen MR) is 91.0 cm³/mol. The van der Waals surface area contributed by atoms with E-state index in [0.717, 1.165) is 12.8 Å². The van der Waals surface area contributed by atoms with Gasteiger partial charge in [0, 0.05) is 0 Å². The summed E-state index contributed by atoms with van der Waals surface area (Å²) in [6, 6.07) is 0.474. The molecule has 0 spiro atoms. The summed E-state index contributed by atoms with van der Waals surface area (Å²) in [6.07, 6.45) is 18.5. The first kappa shape index (κ1) is 18.9. The van der Waals surface area contributed by atoms with Gasteiger partial charge in [0.1, 0.15) is 18.8 Å². The summed E-state index contributed by atoms with van der Waals surface area (Å²) in [5.41, 5.74) is 0. The number of hydrogen-bond acceptors (Lipinski definition) is 4. The molecule has 4 heteroatoms. The van der Waals surface area contributed by atoms with Gasteiger partial charge in [-0.2, -0.15) is 9.97 Å². The van der Waals surface area contributed by atoms with E-state index in [2.05, 4.69) is 28.8 Å². The molecule has 0 atom stereocenters. The second-order valence-corrected chi connectivity index (χ2v) is 6.07. The predicted octanol–water partition coefficient (Wildman–Crippen LogP) is 5.34. The van der Waals surface area contributed by atoms with Crippen LogP contribution in [0.2, 0.25) is 0 Å². The van der Waals surface area contributed by atoms with Gasteiger partial charge in [-0.05, 0) is 25.7 Å². The highest BCUT2D eigenvalue weighted by Crippen LogP contribution is 2.17. The van der Waals surface area contributed by atoms with Gasteiger partial charge in [0.2, 0.25) is 0 Å². The van der Waals surface area contributed by atoms with Gasteiger partial charge in [0.15, 0.2) is 0 Å². The van der Waals surface area contributed by atoms with E-state index in [4.69, 9.17) is 4.74 Å². The van der Waals surface area contributed by atoms with Crippen molar-refractivity contribution in [3.63, 3.8) is 0 Å². The normalized spacial score (nSPS) is 11.0. The molecule has 0 aromatic carbocycles. The van der Waals surface area contributed by atoms with Gasteiger partial charge < -0.3 is 4.74 Å². The molecule has 0 aliphatic carbocycles. The average Bonchev–Trinajstić information content (AvgIpc) is 2.55. The summed E-state index contributed by atoms with van der Waals surface area (Å²) in [5, 5.41) is 0. The highest BCUT2D eigenvalue weighted by molar-refractivity contribution is 4.88. The number of aromatic nitrogens is 3. The minimum absolute atomic E-state index is 0.255. The Morgan fingerprint density at radius 1 is 0.773 bits per heavy atom. The average molecular weight is 307 g/mol. The second-order valence-electron chi connectivity index (χ2n) is 6.07. The van der Waals surface area contributed by atoms with Crippen LogP contribution in [0.1, 0.15) is 90.9 Å². The molecule has 0 radical (unpaired) electrons. The molecule has 1 aromatic heterocycles. The third-order valence-corrected chi connectivity index (χ3v) is 4.00. The summed E-state index contributed by atoms with van der Waals surface area (Å²) < 4.78 is 5.97. The van der Waals surface area contributed by atoms with Gasteiger partial charge in [0.05, 0.1) is 0 Å². The van der Waals surface area contributed by atoms with Crippen molar-refractivity contribution in [2.24, 2.45) is 0 Å². The van der Waals surface area contributed by atoms with Crippen LogP contribution >= 0.6 is 0 Å². The van der Waals surface area contributed by atoms with E-state index < -0.39 is 0 Å². The Balaban J connectivity index is 2.29. The molecule has 0 amide bonds. The Bertz CT molecular complexity index is 331. The summed E-state index contributed by atoms with van der Waals surface area (Å²) >= 11 is 0. The van der Waals surface area contributed by atoms with Crippen LogP contribution in [0.3, 0.4) is 0 Å². The molecule has 4 nitrogen and oxygen atoms in total. The molecule has 0 saturated carbocycles. The fourth-order valence-electron chi connectivity index (χ4n) is 2.65. The standard InChI is InChI=1S/C18H33N3O/c1-3-5-7-9-11-13-17(14-12-10-8-6-4-2)22-18-20-15-19-16-21-18/h15-17H,3-14H2,1-2H3. The van der Waals surface area contributed by atoms with Crippen molar-refractivity contribution in [1.82, 2.24) is 15.0 Å². The maximum atomic E-state index is 5.97. The van der Waals surface area contributed by atoms with Gasteiger partial charge in [-0.1, -0.05) is 65.2 Å². The van der Waals surface area contributed by atoms with Crippen LogP contribution in [0.4, 0.5) is 0 Å². The van der Waals surface area contributed by atoms with Gasteiger partial charge in [0.25, 0.3) is 0 Å². The summed E-state index contributed by atoms with van der Waals surface area (Å²) in [7, 11) is 0. The van der Waals surface area contributed by atoms with Crippen molar-refractivity contribution in [1.29, 1.82) is 0 Å². The molecular formula is C18H33N3O. The van der Waals surface area contributed by atoms with Crippen LogP contribution in [-0.4, -0.2) is 21.1 Å². The van der Waals surface area contributed by atoms with E-state index >= 15 is 0 Å². The van der Waals surface area contributed by atoms with E-state index in [1.807, 2.05) is 0 Å². The highest BCUT2D eigenvalue weighted by Gasteiger charge is 2.11. The van der Waals surface area contributed by atoms with E-state index in [0.29, 0.717) is 6.01 Å². The lowest BCUT2D eigenvalue weighted by atomic mass is 10.0. The molecule has 1 heterocycles. The van der Waals surface area contributed by atoms with Crippen molar-refractivity contribution in [3.05, 3.63) is 12.7 Å². The third-order valence-electron chi connectivity index (χ3n) is 4.00. The smallest absolute Gasteiger partial charge is 0.319 e. The molecule has 22 heavy (non-hydrogen) atoms. The number of ether oxygens (including phenoxy) is 1. The first-order chi connectivity index (χ1) is 10.9. The SMILES string of the molecule is CCCCCCCC(CCCCCCC)Oc1ncncn1. The van der Waals surface area contributed by atoms with Gasteiger partial charge in [-0.3, -0.25) is 0 Å². The Morgan fingerprint density at radius 2 is 1.27 bits per heavy atom. The van der Waals surface area contributed by atoms with Crippen LogP contribution in [0.25, 0.3) is 0 Å². The number of unbranched alkanes of at least 4 members (excludes halogenated alkanes) is 8. The van der Waals surface area contributed by atoms with Crippen LogP contribution in [0.15, 0.2) is 12.7 Å². The molecule has 0 N–H and O–H groups in total. The van der Waals surface area contributed by atoms with Crippen LogP contribution in [0, 0.1) is 0 Å². The minimum Gasteiger partial charge on any atom is -0.460 e. The minimum atomic E-state index is 0.255. The number of hydrogen-bond donors (Lipinski definition) is 0. The molecule has 0 aliphatic rings. The lowest BCUT2D eigenvalue weighted by molar-refractivity contribution is 0.157. The Labute approximate surface area is 136 Å².